The maximum Gasteiger partial charge on any atom is 0.328 e. The van der Waals surface area contributed by atoms with Crippen molar-refractivity contribution in [1.82, 2.24) is 9.13 Å². The minimum Gasteiger partial charge on any atom is -0.370 e. The number of halogens is 1. The van der Waals surface area contributed by atoms with Crippen molar-refractivity contribution < 1.29 is 9.18 Å². The second-order valence-corrected chi connectivity index (χ2v) is 7.40. The van der Waals surface area contributed by atoms with Gasteiger partial charge in [0.15, 0.2) is 0 Å². The summed E-state index contributed by atoms with van der Waals surface area (Å²) in [4.78, 5) is 27.2. The average molecular weight is 397 g/mol. The van der Waals surface area contributed by atoms with Crippen molar-refractivity contribution in [2.45, 2.75) is 19.3 Å². The van der Waals surface area contributed by atoms with Gasteiger partial charge in [0.25, 0.3) is 0 Å². The first-order chi connectivity index (χ1) is 13.9. The van der Waals surface area contributed by atoms with Crippen LogP contribution in [0.5, 0.6) is 0 Å². The Balaban J connectivity index is 1.71. The van der Waals surface area contributed by atoms with Gasteiger partial charge in [-0.1, -0.05) is 6.07 Å². The number of nitrogens with one attached hydrogen (secondary N) is 2. The molecule has 0 spiro atoms. The molecule has 2 aromatic carbocycles. The summed E-state index contributed by atoms with van der Waals surface area (Å²) in [6, 6.07) is 9.06. The van der Waals surface area contributed by atoms with Gasteiger partial charge >= 0.3 is 11.7 Å². The molecule has 0 saturated carbocycles. The van der Waals surface area contributed by atoms with Crippen LogP contribution in [0.3, 0.4) is 0 Å². The predicted octanol–water partition coefficient (Wildman–Crippen LogP) is 3.65. The van der Waals surface area contributed by atoms with Crippen molar-refractivity contribution in [2.75, 3.05) is 28.6 Å². The van der Waals surface area contributed by atoms with Crippen molar-refractivity contribution >= 4 is 34.1 Å². The van der Waals surface area contributed by atoms with Crippen LogP contribution in [-0.2, 0) is 14.1 Å². The molecule has 4 rings (SSSR count). The first kappa shape index (κ1) is 19.0. The molecule has 152 valence electrons. The molecule has 2 N–H and O–H groups in total. The third-order valence-electron chi connectivity index (χ3n) is 5.42. The molecule has 1 aliphatic rings. The van der Waals surface area contributed by atoms with Gasteiger partial charge in [0, 0.05) is 32.9 Å². The number of hydrogen-bond donors (Lipinski definition) is 2. The number of aromatic nitrogens is 2. The molecule has 0 aliphatic carbocycles. The fourth-order valence-electron chi connectivity index (χ4n) is 3.88. The van der Waals surface area contributed by atoms with E-state index in [1.165, 1.54) is 24.6 Å². The number of hydrogen-bond acceptors (Lipinski definition) is 3. The Hall–Kier alpha value is -3.29. The number of nitrogens with zero attached hydrogens (tertiary/aromatic N) is 3. The van der Waals surface area contributed by atoms with Crippen LogP contribution in [0.25, 0.3) is 11.0 Å². The SMILES string of the molecule is Cn1c(=O)n(C)c2cc(N3CCCCC3)c(NC(=O)Nc3cccc(F)c3)cc21. The molecular weight excluding hydrogens is 373 g/mol. The number of anilines is 3. The first-order valence-electron chi connectivity index (χ1n) is 9.72. The van der Waals surface area contributed by atoms with Crippen LogP contribution in [0.1, 0.15) is 19.3 Å². The van der Waals surface area contributed by atoms with Crippen LogP contribution in [0.4, 0.5) is 26.2 Å². The Kier molecular flexibility index (Phi) is 5.00. The molecule has 2 amide bonds. The quantitative estimate of drug-likeness (QED) is 0.709. The number of aryl methyl sites for hydroxylation is 2. The summed E-state index contributed by atoms with van der Waals surface area (Å²) < 4.78 is 16.6. The van der Waals surface area contributed by atoms with Gasteiger partial charge in [-0.3, -0.25) is 9.13 Å². The first-order valence-corrected chi connectivity index (χ1v) is 9.72. The molecule has 1 aromatic heterocycles. The summed E-state index contributed by atoms with van der Waals surface area (Å²) in [6.07, 6.45) is 3.35. The molecule has 1 saturated heterocycles. The number of rotatable bonds is 3. The molecule has 1 aliphatic heterocycles. The Morgan fingerprint density at radius 1 is 0.966 bits per heavy atom. The maximum atomic E-state index is 13.4. The smallest absolute Gasteiger partial charge is 0.328 e. The number of imidazole rings is 1. The average Bonchev–Trinajstić information content (AvgIpc) is 2.92. The van der Waals surface area contributed by atoms with Gasteiger partial charge < -0.3 is 15.5 Å². The fourth-order valence-corrected chi connectivity index (χ4v) is 3.88. The maximum absolute atomic E-state index is 13.4. The zero-order valence-corrected chi connectivity index (χ0v) is 16.5. The summed E-state index contributed by atoms with van der Waals surface area (Å²) in [5.41, 5.74) is 3.30. The second kappa shape index (κ2) is 7.62. The second-order valence-electron chi connectivity index (χ2n) is 7.40. The van der Waals surface area contributed by atoms with Crippen molar-refractivity contribution in [3.8, 4) is 0 Å². The topological polar surface area (TPSA) is 71.3 Å². The van der Waals surface area contributed by atoms with Gasteiger partial charge in [0.05, 0.1) is 22.4 Å². The Labute approximate surface area is 167 Å². The molecular formula is C21H24FN5O2. The number of carbonyl (C=O) groups is 1. The standard InChI is InChI=1S/C21H24FN5O2/c1-25-18-12-16(24-20(28)23-15-8-6-7-14(22)11-15)17(27-9-4-3-5-10-27)13-19(18)26(2)21(25)29/h6-8,11-13H,3-5,9-10H2,1-2H3,(H2,23,24,28). The summed E-state index contributed by atoms with van der Waals surface area (Å²) in [5.74, 6) is -0.419. The van der Waals surface area contributed by atoms with E-state index in [4.69, 9.17) is 0 Å². The molecule has 1 fully saturated rings. The molecule has 0 unspecified atom stereocenters. The van der Waals surface area contributed by atoms with Crippen molar-refractivity contribution in [2.24, 2.45) is 14.1 Å². The molecule has 8 heteroatoms. The Bertz CT molecular complexity index is 1130. The minimum absolute atomic E-state index is 0.119. The molecule has 0 bridgehead atoms. The lowest BCUT2D eigenvalue weighted by Gasteiger charge is -2.30. The van der Waals surface area contributed by atoms with Gasteiger partial charge in [-0.15, -0.1) is 0 Å². The number of benzene rings is 2. The number of fused-ring (bicyclic) bond motifs is 1. The van der Waals surface area contributed by atoms with Crippen LogP contribution in [0.2, 0.25) is 0 Å². The third-order valence-corrected chi connectivity index (χ3v) is 5.42. The lowest BCUT2D eigenvalue weighted by molar-refractivity contribution is 0.262. The van der Waals surface area contributed by atoms with Gasteiger partial charge in [-0.25, -0.2) is 14.0 Å². The van der Waals surface area contributed by atoms with E-state index in [2.05, 4.69) is 15.5 Å². The summed E-state index contributed by atoms with van der Waals surface area (Å²) in [7, 11) is 3.45. The number of amides is 2. The summed E-state index contributed by atoms with van der Waals surface area (Å²) in [6.45, 7) is 1.79. The van der Waals surface area contributed by atoms with E-state index in [1.807, 2.05) is 12.1 Å². The number of piperidine rings is 1. The normalized spacial score (nSPS) is 14.2. The Morgan fingerprint density at radius 3 is 2.34 bits per heavy atom. The fraction of sp³-hybridized carbons (Fsp3) is 0.333. The molecule has 3 aromatic rings. The monoisotopic (exact) mass is 397 g/mol. The van der Waals surface area contributed by atoms with Crippen molar-refractivity contribution in [3.05, 3.63) is 52.7 Å². The highest BCUT2D eigenvalue weighted by Crippen LogP contribution is 2.33. The van der Waals surface area contributed by atoms with E-state index in [-0.39, 0.29) is 5.69 Å². The van der Waals surface area contributed by atoms with Crippen LogP contribution >= 0.6 is 0 Å². The highest BCUT2D eigenvalue weighted by molar-refractivity contribution is 6.04. The lowest BCUT2D eigenvalue weighted by atomic mass is 10.1. The van der Waals surface area contributed by atoms with Crippen LogP contribution in [0, 0.1) is 5.82 Å². The van der Waals surface area contributed by atoms with Gasteiger partial charge in [0.1, 0.15) is 5.82 Å². The molecule has 2 heterocycles. The van der Waals surface area contributed by atoms with E-state index in [1.54, 1.807) is 29.3 Å². The van der Waals surface area contributed by atoms with E-state index in [0.717, 1.165) is 42.7 Å². The third kappa shape index (κ3) is 3.70. The zero-order chi connectivity index (χ0) is 20.5. The highest BCUT2D eigenvalue weighted by Gasteiger charge is 2.20. The molecule has 29 heavy (non-hydrogen) atoms. The number of carbonyl (C=O) groups excluding carboxylic acids is 1. The van der Waals surface area contributed by atoms with Gasteiger partial charge in [0.2, 0.25) is 0 Å². The van der Waals surface area contributed by atoms with Crippen molar-refractivity contribution in [1.29, 1.82) is 0 Å². The molecule has 7 nitrogen and oxygen atoms in total. The lowest BCUT2D eigenvalue weighted by Crippen LogP contribution is -2.31. The Morgan fingerprint density at radius 2 is 1.66 bits per heavy atom. The van der Waals surface area contributed by atoms with E-state index in [0.29, 0.717) is 11.4 Å². The number of urea groups is 1. The van der Waals surface area contributed by atoms with E-state index in [9.17, 15) is 14.0 Å². The highest BCUT2D eigenvalue weighted by atomic mass is 19.1. The van der Waals surface area contributed by atoms with Crippen molar-refractivity contribution in [3.63, 3.8) is 0 Å². The minimum atomic E-state index is -0.464. The summed E-state index contributed by atoms with van der Waals surface area (Å²) in [5, 5.41) is 5.54. The van der Waals surface area contributed by atoms with E-state index >= 15 is 0 Å². The summed E-state index contributed by atoms with van der Waals surface area (Å²) >= 11 is 0. The van der Waals surface area contributed by atoms with Crippen LogP contribution in [-0.4, -0.2) is 28.3 Å². The van der Waals surface area contributed by atoms with Gasteiger partial charge in [-0.2, -0.15) is 0 Å². The zero-order valence-electron chi connectivity index (χ0n) is 16.5. The van der Waals surface area contributed by atoms with Crippen LogP contribution in [0.15, 0.2) is 41.2 Å². The largest absolute Gasteiger partial charge is 0.370 e. The van der Waals surface area contributed by atoms with E-state index < -0.39 is 11.8 Å². The predicted molar refractivity (Wildman–Crippen MR) is 113 cm³/mol. The van der Waals surface area contributed by atoms with Gasteiger partial charge in [-0.05, 0) is 49.6 Å². The van der Waals surface area contributed by atoms with Crippen LogP contribution < -0.4 is 21.2 Å². The molecule has 0 radical (unpaired) electrons. The molecule has 0 atom stereocenters.